The normalized spacial score (nSPS) is 12.4. The van der Waals surface area contributed by atoms with Gasteiger partial charge in [0.25, 0.3) is 0 Å². The molecule has 3 nitrogen and oxygen atoms in total. The largest absolute Gasteiger partial charge is 0.325 e. The molecule has 0 radical (unpaired) electrons. The zero-order chi connectivity index (χ0) is 14.5. The van der Waals surface area contributed by atoms with Crippen LogP contribution in [0.1, 0.15) is 11.8 Å². The molecule has 0 fully saturated rings. The second-order valence-electron chi connectivity index (χ2n) is 4.65. The number of halogens is 1. The first-order valence-corrected chi connectivity index (χ1v) is 7.97. The fourth-order valence-electron chi connectivity index (χ4n) is 1.79. The van der Waals surface area contributed by atoms with E-state index in [0.717, 1.165) is 16.0 Å². The van der Waals surface area contributed by atoms with Gasteiger partial charge >= 0.3 is 0 Å². The zero-order valence-corrected chi connectivity index (χ0v) is 13.9. The number of amides is 1. The van der Waals surface area contributed by atoms with Gasteiger partial charge < -0.3 is 5.32 Å². The second-order valence-corrected chi connectivity index (χ2v) is 7.20. The summed E-state index contributed by atoms with van der Waals surface area (Å²) in [5.74, 6) is 0.00863. The molecule has 0 aliphatic carbocycles. The van der Waals surface area contributed by atoms with Crippen LogP contribution in [-0.2, 0) is 11.3 Å². The lowest BCUT2D eigenvalue weighted by molar-refractivity contribution is -0.120. The van der Waals surface area contributed by atoms with Gasteiger partial charge in [0, 0.05) is 17.1 Å². The number of para-hydroxylation sites is 1. The van der Waals surface area contributed by atoms with E-state index in [1.807, 2.05) is 55.3 Å². The number of likely N-dealkylation sites (N-methyl/N-ethyl adjacent to an activating group) is 1. The molecule has 1 atom stereocenters. The average Bonchev–Trinajstić information content (AvgIpc) is 2.84. The van der Waals surface area contributed by atoms with Crippen LogP contribution in [0.15, 0.2) is 46.3 Å². The summed E-state index contributed by atoms with van der Waals surface area (Å²) in [6.45, 7) is 2.68. The van der Waals surface area contributed by atoms with Crippen molar-refractivity contribution in [3.05, 3.63) is 51.1 Å². The molecule has 106 valence electrons. The highest BCUT2D eigenvalue weighted by Crippen LogP contribution is 2.23. The number of nitrogens with zero attached hydrogens (tertiary/aromatic N) is 1. The smallest absolute Gasteiger partial charge is 0.241 e. The fraction of sp³-hybridized carbons (Fsp3) is 0.267. The molecule has 0 spiro atoms. The summed E-state index contributed by atoms with van der Waals surface area (Å²) < 4.78 is 1.11. The summed E-state index contributed by atoms with van der Waals surface area (Å²) in [5.41, 5.74) is 0.830. The van der Waals surface area contributed by atoms with Crippen LogP contribution in [0, 0.1) is 0 Å². The first-order valence-electron chi connectivity index (χ1n) is 6.36. The van der Waals surface area contributed by atoms with E-state index in [2.05, 4.69) is 27.3 Å². The van der Waals surface area contributed by atoms with Crippen molar-refractivity contribution in [3.63, 3.8) is 0 Å². The molecule has 1 aromatic carbocycles. The number of thiophene rings is 1. The van der Waals surface area contributed by atoms with E-state index < -0.39 is 0 Å². The molecule has 1 amide bonds. The van der Waals surface area contributed by atoms with E-state index in [1.165, 1.54) is 4.88 Å². The second kappa shape index (κ2) is 7.02. The topological polar surface area (TPSA) is 32.3 Å². The first-order chi connectivity index (χ1) is 9.56. The first kappa shape index (κ1) is 15.2. The molecule has 1 N–H and O–H groups in total. The molecule has 0 saturated carbocycles. The highest BCUT2D eigenvalue weighted by atomic mass is 79.9. The van der Waals surface area contributed by atoms with Gasteiger partial charge in [-0.15, -0.1) is 11.3 Å². The number of hydrogen-bond acceptors (Lipinski definition) is 3. The maximum Gasteiger partial charge on any atom is 0.241 e. The Balaban J connectivity index is 1.92. The molecular formula is C15H17BrN2OS. The number of carbonyl (C=O) groups is 1. The van der Waals surface area contributed by atoms with Crippen LogP contribution in [0.25, 0.3) is 0 Å². The van der Waals surface area contributed by atoms with Gasteiger partial charge in [-0.05, 0) is 54.2 Å². The van der Waals surface area contributed by atoms with Crippen LogP contribution in [0.2, 0.25) is 0 Å². The molecule has 0 unspecified atom stereocenters. The number of anilines is 1. The van der Waals surface area contributed by atoms with Crippen molar-refractivity contribution in [3.8, 4) is 0 Å². The third-order valence-corrected chi connectivity index (χ3v) is 4.72. The summed E-state index contributed by atoms with van der Waals surface area (Å²) in [5, 5.41) is 2.93. The lowest BCUT2D eigenvalue weighted by Gasteiger charge is -2.23. The summed E-state index contributed by atoms with van der Waals surface area (Å²) >= 11 is 5.15. The molecule has 2 rings (SSSR count). The van der Waals surface area contributed by atoms with E-state index in [-0.39, 0.29) is 11.9 Å². The molecule has 1 aromatic heterocycles. The van der Waals surface area contributed by atoms with Crippen molar-refractivity contribution >= 4 is 38.9 Å². The molecule has 0 aliphatic heterocycles. The van der Waals surface area contributed by atoms with Crippen molar-refractivity contribution < 1.29 is 4.79 Å². The maximum atomic E-state index is 12.2. The Kier molecular flexibility index (Phi) is 5.34. The van der Waals surface area contributed by atoms with Crippen LogP contribution >= 0.6 is 27.3 Å². The highest BCUT2D eigenvalue weighted by molar-refractivity contribution is 9.11. The lowest BCUT2D eigenvalue weighted by atomic mass is 10.2. The highest BCUT2D eigenvalue weighted by Gasteiger charge is 2.18. The van der Waals surface area contributed by atoms with E-state index in [4.69, 9.17) is 0 Å². The molecule has 20 heavy (non-hydrogen) atoms. The lowest BCUT2D eigenvalue weighted by Crippen LogP contribution is -2.39. The minimum Gasteiger partial charge on any atom is -0.325 e. The van der Waals surface area contributed by atoms with Gasteiger partial charge in [0.05, 0.1) is 9.83 Å². The summed E-state index contributed by atoms with van der Waals surface area (Å²) in [6.07, 6.45) is 0. The van der Waals surface area contributed by atoms with E-state index in [1.54, 1.807) is 11.3 Å². The zero-order valence-electron chi connectivity index (χ0n) is 11.5. The maximum absolute atomic E-state index is 12.2. The number of carbonyl (C=O) groups excluding carboxylic acids is 1. The number of benzene rings is 1. The van der Waals surface area contributed by atoms with Gasteiger partial charge in [-0.3, -0.25) is 9.69 Å². The van der Waals surface area contributed by atoms with Gasteiger partial charge in [-0.25, -0.2) is 0 Å². The van der Waals surface area contributed by atoms with Crippen molar-refractivity contribution in [2.45, 2.75) is 19.5 Å². The number of nitrogens with one attached hydrogen (secondary N) is 1. The third kappa shape index (κ3) is 4.16. The average molecular weight is 353 g/mol. The Labute approximate surface area is 131 Å². The number of hydrogen-bond donors (Lipinski definition) is 1. The van der Waals surface area contributed by atoms with Crippen molar-refractivity contribution in [1.82, 2.24) is 4.90 Å². The molecule has 0 saturated heterocycles. The minimum atomic E-state index is -0.184. The third-order valence-electron chi connectivity index (χ3n) is 3.12. The van der Waals surface area contributed by atoms with Gasteiger partial charge in [0.2, 0.25) is 5.91 Å². The molecule has 0 aliphatic rings. The molecule has 5 heteroatoms. The summed E-state index contributed by atoms with van der Waals surface area (Å²) in [6, 6.07) is 13.5. The number of rotatable bonds is 5. The van der Waals surface area contributed by atoms with Crippen molar-refractivity contribution in [2.24, 2.45) is 0 Å². The van der Waals surface area contributed by atoms with Crippen molar-refractivity contribution in [2.75, 3.05) is 12.4 Å². The summed E-state index contributed by atoms with van der Waals surface area (Å²) in [4.78, 5) is 15.5. The summed E-state index contributed by atoms with van der Waals surface area (Å²) in [7, 11) is 1.96. The van der Waals surface area contributed by atoms with Crippen LogP contribution < -0.4 is 5.32 Å². The Hall–Kier alpha value is -1.17. The SMILES string of the molecule is C[C@@H](C(=O)Nc1ccccc1)N(C)Cc1ccc(Br)s1. The Morgan fingerprint density at radius 3 is 2.60 bits per heavy atom. The van der Waals surface area contributed by atoms with Crippen molar-refractivity contribution in [1.29, 1.82) is 0 Å². The van der Waals surface area contributed by atoms with Crippen LogP contribution in [0.4, 0.5) is 5.69 Å². The Bertz CT molecular complexity index is 570. The molecular weight excluding hydrogens is 336 g/mol. The van der Waals surface area contributed by atoms with E-state index in [9.17, 15) is 4.79 Å². The Morgan fingerprint density at radius 1 is 1.30 bits per heavy atom. The van der Waals surface area contributed by atoms with Gasteiger partial charge in [0.15, 0.2) is 0 Å². The predicted molar refractivity (Wildman–Crippen MR) is 88.0 cm³/mol. The Morgan fingerprint density at radius 2 is 2.00 bits per heavy atom. The molecule has 2 aromatic rings. The standard InChI is InChI=1S/C15H17BrN2OS/c1-11(15(19)17-12-6-4-3-5-7-12)18(2)10-13-8-9-14(16)20-13/h3-9,11H,10H2,1-2H3,(H,17,19)/t11-/m0/s1. The van der Waals surface area contributed by atoms with Gasteiger partial charge in [-0.2, -0.15) is 0 Å². The quantitative estimate of drug-likeness (QED) is 0.882. The van der Waals surface area contributed by atoms with Crippen LogP contribution in [0.5, 0.6) is 0 Å². The fourth-order valence-corrected chi connectivity index (χ4v) is 3.33. The van der Waals surface area contributed by atoms with E-state index >= 15 is 0 Å². The molecule has 1 heterocycles. The van der Waals surface area contributed by atoms with E-state index in [0.29, 0.717) is 0 Å². The minimum absolute atomic E-state index is 0.00863. The van der Waals surface area contributed by atoms with Crippen LogP contribution in [-0.4, -0.2) is 23.9 Å². The van der Waals surface area contributed by atoms with Gasteiger partial charge in [0.1, 0.15) is 0 Å². The molecule has 0 bridgehead atoms. The predicted octanol–water partition coefficient (Wildman–Crippen LogP) is 3.97. The van der Waals surface area contributed by atoms with Gasteiger partial charge in [-0.1, -0.05) is 18.2 Å². The monoisotopic (exact) mass is 352 g/mol. The van der Waals surface area contributed by atoms with Crippen LogP contribution in [0.3, 0.4) is 0 Å².